The van der Waals surface area contributed by atoms with E-state index in [1.165, 1.54) is 34.8 Å². The minimum atomic E-state index is -3.43. The topological polar surface area (TPSA) is 40.6 Å². The second-order valence-electron chi connectivity index (χ2n) is 5.15. The molecule has 2 rings (SSSR count). The molecule has 0 unspecified atom stereocenters. The zero-order valence-corrected chi connectivity index (χ0v) is 12.0. The molecule has 1 aromatic carbocycles. The van der Waals surface area contributed by atoms with Crippen molar-refractivity contribution in [2.75, 3.05) is 20.6 Å². The first-order chi connectivity index (χ1) is 8.89. The van der Waals surface area contributed by atoms with Crippen LogP contribution in [-0.4, -0.2) is 37.7 Å². The zero-order chi connectivity index (χ0) is 14.0. The average molecular weight is 286 g/mol. The van der Waals surface area contributed by atoms with Crippen molar-refractivity contribution in [3.63, 3.8) is 0 Å². The molecule has 0 atom stereocenters. The maximum absolute atomic E-state index is 12.9. The first kappa shape index (κ1) is 14.4. The Labute approximate surface area is 114 Å². The van der Waals surface area contributed by atoms with Gasteiger partial charge in [-0.15, -0.1) is 0 Å². The zero-order valence-electron chi connectivity index (χ0n) is 11.2. The fourth-order valence-electron chi connectivity index (χ4n) is 1.85. The molecule has 19 heavy (non-hydrogen) atoms. The number of rotatable bonds is 6. The Morgan fingerprint density at radius 1 is 1.21 bits per heavy atom. The summed E-state index contributed by atoms with van der Waals surface area (Å²) in [6.45, 7) is 0.829. The molecule has 0 saturated heterocycles. The van der Waals surface area contributed by atoms with Crippen LogP contribution < -0.4 is 0 Å². The molecular formula is C13H19FN2O2S. The fraction of sp³-hybridized carbons (Fsp3) is 0.538. The van der Waals surface area contributed by atoms with Crippen LogP contribution in [0.2, 0.25) is 0 Å². The number of hydrogen-bond acceptors (Lipinski definition) is 2. The van der Waals surface area contributed by atoms with Gasteiger partial charge in [0.05, 0.1) is 0 Å². The van der Waals surface area contributed by atoms with E-state index in [4.69, 9.17) is 0 Å². The Kier molecular flexibility index (Phi) is 4.23. The third-order valence-corrected chi connectivity index (χ3v) is 5.07. The van der Waals surface area contributed by atoms with Gasteiger partial charge in [-0.3, -0.25) is 0 Å². The maximum atomic E-state index is 12.9. The predicted molar refractivity (Wildman–Crippen MR) is 72.1 cm³/mol. The highest BCUT2D eigenvalue weighted by Gasteiger charge is 2.31. The molecule has 1 aliphatic carbocycles. The lowest BCUT2D eigenvalue weighted by Crippen LogP contribution is -2.40. The Bertz CT molecular complexity index is 524. The summed E-state index contributed by atoms with van der Waals surface area (Å²) in [6, 6.07) is 5.96. The van der Waals surface area contributed by atoms with E-state index in [9.17, 15) is 12.8 Å². The van der Waals surface area contributed by atoms with Gasteiger partial charge in [-0.1, -0.05) is 12.1 Å². The second-order valence-corrected chi connectivity index (χ2v) is 7.29. The normalized spacial score (nSPS) is 16.3. The number of benzene rings is 1. The van der Waals surface area contributed by atoms with Crippen LogP contribution in [0, 0.1) is 11.7 Å². The monoisotopic (exact) mass is 286 g/mol. The summed E-state index contributed by atoms with van der Waals surface area (Å²) in [5.74, 6) is 0.156. The molecule has 0 bridgehead atoms. The Balaban J connectivity index is 2.15. The van der Waals surface area contributed by atoms with Crippen LogP contribution >= 0.6 is 0 Å². The van der Waals surface area contributed by atoms with Gasteiger partial charge in [-0.05, 0) is 36.5 Å². The minimum absolute atomic E-state index is 0.289. The van der Waals surface area contributed by atoms with Crippen molar-refractivity contribution in [3.8, 4) is 0 Å². The fourth-order valence-corrected chi connectivity index (χ4v) is 3.03. The first-order valence-electron chi connectivity index (χ1n) is 6.31. The van der Waals surface area contributed by atoms with Gasteiger partial charge in [-0.25, -0.2) is 4.39 Å². The van der Waals surface area contributed by atoms with Crippen molar-refractivity contribution in [1.29, 1.82) is 0 Å². The lowest BCUT2D eigenvalue weighted by atomic mass is 10.2. The molecule has 4 nitrogen and oxygen atoms in total. The van der Waals surface area contributed by atoms with Crippen molar-refractivity contribution in [2.24, 2.45) is 5.92 Å². The predicted octanol–water partition coefficient (Wildman–Crippen LogP) is 1.84. The summed E-state index contributed by atoms with van der Waals surface area (Å²) in [4.78, 5) is 0. The molecule has 0 radical (unpaired) electrons. The molecule has 0 aromatic heterocycles. The van der Waals surface area contributed by atoms with Gasteiger partial charge < -0.3 is 0 Å². The van der Waals surface area contributed by atoms with Crippen molar-refractivity contribution < 1.29 is 12.8 Å². The summed E-state index contributed by atoms with van der Waals surface area (Å²) in [5, 5.41) is 0. The number of halogens is 1. The van der Waals surface area contributed by atoms with E-state index in [-0.39, 0.29) is 12.4 Å². The molecular weight excluding hydrogens is 267 g/mol. The van der Waals surface area contributed by atoms with Crippen LogP contribution in [-0.2, 0) is 16.8 Å². The first-order valence-corrected chi connectivity index (χ1v) is 7.71. The highest BCUT2D eigenvalue weighted by atomic mass is 32.2. The molecule has 1 aromatic rings. The lowest BCUT2D eigenvalue weighted by Gasteiger charge is -2.25. The van der Waals surface area contributed by atoms with Crippen LogP contribution in [0.5, 0.6) is 0 Å². The number of hydrogen-bond donors (Lipinski definition) is 0. The molecule has 1 saturated carbocycles. The molecule has 0 heterocycles. The molecule has 0 amide bonds. The van der Waals surface area contributed by atoms with Crippen LogP contribution in [0.4, 0.5) is 4.39 Å². The van der Waals surface area contributed by atoms with Gasteiger partial charge in [0.25, 0.3) is 10.2 Å². The minimum Gasteiger partial charge on any atom is -0.207 e. The molecule has 1 aliphatic rings. The summed E-state index contributed by atoms with van der Waals surface area (Å²) in [6.07, 6.45) is 2.17. The Morgan fingerprint density at radius 3 is 2.26 bits per heavy atom. The van der Waals surface area contributed by atoms with E-state index >= 15 is 0 Å². The van der Waals surface area contributed by atoms with E-state index < -0.39 is 10.2 Å². The van der Waals surface area contributed by atoms with Crippen LogP contribution in [0.1, 0.15) is 18.4 Å². The van der Waals surface area contributed by atoms with E-state index in [2.05, 4.69) is 0 Å². The third kappa shape index (κ3) is 3.75. The van der Waals surface area contributed by atoms with Crippen molar-refractivity contribution in [3.05, 3.63) is 35.6 Å². The van der Waals surface area contributed by atoms with Gasteiger partial charge in [0.1, 0.15) is 5.82 Å². The molecule has 0 N–H and O–H groups in total. The van der Waals surface area contributed by atoms with Crippen molar-refractivity contribution in [1.82, 2.24) is 8.61 Å². The SMILES string of the molecule is CN(C)S(=O)(=O)N(Cc1ccc(F)cc1)CC1CC1. The lowest BCUT2D eigenvalue weighted by molar-refractivity contribution is 0.358. The van der Waals surface area contributed by atoms with E-state index in [0.717, 1.165) is 18.4 Å². The van der Waals surface area contributed by atoms with Crippen LogP contribution in [0.15, 0.2) is 24.3 Å². The largest absolute Gasteiger partial charge is 0.281 e. The molecule has 0 spiro atoms. The van der Waals surface area contributed by atoms with Crippen LogP contribution in [0.3, 0.4) is 0 Å². The highest BCUT2D eigenvalue weighted by molar-refractivity contribution is 7.86. The molecule has 106 valence electrons. The second kappa shape index (κ2) is 5.56. The van der Waals surface area contributed by atoms with E-state index in [1.54, 1.807) is 12.1 Å². The Hall–Kier alpha value is -0.980. The van der Waals surface area contributed by atoms with Crippen molar-refractivity contribution >= 4 is 10.2 Å². The summed E-state index contributed by atoms with van der Waals surface area (Å²) in [5.41, 5.74) is 0.799. The van der Waals surface area contributed by atoms with Gasteiger partial charge in [-0.2, -0.15) is 17.0 Å². The highest BCUT2D eigenvalue weighted by Crippen LogP contribution is 2.31. The summed E-state index contributed by atoms with van der Waals surface area (Å²) in [7, 11) is -0.374. The van der Waals surface area contributed by atoms with Gasteiger partial charge >= 0.3 is 0 Å². The van der Waals surface area contributed by atoms with E-state index in [1.807, 2.05) is 0 Å². The third-order valence-electron chi connectivity index (χ3n) is 3.22. The summed E-state index contributed by atoms with van der Waals surface area (Å²) >= 11 is 0. The van der Waals surface area contributed by atoms with Gasteiger partial charge in [0.15, 0.2) is 0 Å². The molecule has 0 aliphatic heterocycles. The van der Waals surface area contributed by atoms with Gasteiger partial charge in [0.2, 0.25) is 0 Å². The molecule has 6 heteroatoms. The van der Waals surface area contributed by atoms with E-state index in [0.29, 0.717) is 12.5 Å². The number of nitrogens with zero attached hydrogens (tertiary/aromatic N) is 2. The molecule has 1 fully saturated rings. The Morgan fingerprint density at radius 2 is 1.79 bits per heavy atom. The van der Waals surface area contributed by atoms with Crippen LogP contribution in [0.25, 0.3) is 0 Å². The summed E-state index contributed by atoms with van der Waals surface area (Å²) < 4.78 is 40.0. The smallest absolute Gasteiger partial charge is 0.207 e. The standard InChI is InChI=1S/C13H19FN2O2S/c1-15(2)19(17,18)16(9-11-3-4-11)10-12-5-7-13(14)8-6-12/h5-8,11H,3-4,9-10H2,1-2H3. The van der Waals surface area contributed by atoms with Crippen molar-refractivity contribution in [2.45, 2.75) is 19.4 Å². The average Bonchev–Trinajstić information content (AvgIpc) is 3.14. The maximum Gasteiger partial charge on any atom is 0.281 e. The van der Waals surface area contributed by atoms with Gasteiger partial charge in [0, 0.05) is 27.2 Å². The quantitative estimate of drug-likeness (QED) is 0.800.